The quantitative estimate of drug-likeness (QED) is 0.727. The average molecular weight is 279 g/mol. The minimum atomic E-state index is -3.72. The first-order valence-electron chi connectivity index (χ1n) is 5.77. The molecule has 0 bridgehead atoms. The van der Waals surface area contributed by atoms with Gasteiger partial charge in [-0.05, 0) is 27.7 Å². The normalized spacial score (nSPS) is 12.2. The van der Waals surface area contributed by atoms with Crippen LogP contribution in [0.5, 0.6) is 0 Å². The van der Waals surface area contributed by atoms with Crippen LogP contribution in [-0.4, -0.2) is 54.9 Å². The topological polar surface area (TPSA) is 91.8 Å². The van der Waals surface area contributed by atoms with Crippen LogP contribution >= 0.6 is 0 Å². The van der Waals surface area contributed by atoms with Gasteiger partial charge in [0, 0.05) is 13.1 Å². The first kappa shape index (κ1) is 16.9. The van der Waals surface area contributed by atoms with Crippen molar-refractivity contribution in [2.45, 2.75) is 27.7 Å². The van der Waals surface area contributed by atoms with Crippen molar-refractivity contribution in [2.24, 2.45) is 5.41 Å². The summed E-state index contributed by atoms with van der Waals surface area (Å²) in [5, 5.41) is 8.88. The molecule has 0 atom stereocenters. The van der Waals surface area contributed by atoms with Gasteiger partial charge in [-0.3, -0.25) is 9.59 Å². The zero-order valence-electron chi connectivity index (χ0n) is 11.3. The highest BCUT2D eigenvalue weighted by Crippen LogP contribution is 2.18. The fraction of sp³-hybridized carbons (Fsp3) is 0.818. The Kier molecular flexibility index (Phi) is 5.79. The number of hydrogen-bond donors (Lipinski definition) is 1. The predicted molar refractivity (Wildman–Crippen MR) is 68.0 cm³/mol. The molecule has 0 aliphatic rings. The number of carboxylic acids is 1. The standard InChI is InChI=1S/C11H21NO5S/c1-5-12(6-2)9(13)7-18(16,17)8-11(3,4)10(14)15/h5-8H2,1-4H3,(H,14,15). The minimum Gasteiger partial charge on any atom is -0.481 e. The monoisotopic (exact) mass is 279 g/mol. The number of hydrogen-bond acceptors (Lipinski definition) is 4. The van der Waals surface area contributed by atoms with Gasteiger partial charge in [0.2, 0.25) is 5.91 Å². The zero-order valence-corrected chi connectivity index (χ0v) is 12.1. The summed E-state index contributed by atoms with van der Waals surface area (Å²) < 4.78 is 23.6. The fourth-order valence-electron chi connectivity index (χ4n) is 1.52. The van der Waals surface area contributed by atoms with Gasteiger partial charge in [-0.25, -0.2) is 8.42 Å². The average Bonchev–Trinajstić information content (AvgIpc) is 2.16. The van der Waals surface area contributed by atoms with E-state index in [-0.39, 0.29) is 0 Å². The van der Waals surface area contributed by atoms with Gasteiger partial charge in [0.25, 0.3) is 0 Å². The molecule has 18 heavy (non-hydrogen) atoms. The summed E-state index contributed by atoms with van der Waals surface area (Å²) in [7, 11) is -3.72. The molecular formula is C11H21NO5S. The van der Waals surface area contributed by atoms with Gasteiger partial charge in [0.15, 0.2) is 9.84 Å². The van der Waals surface area contributed by atoms with E-state index in [1.807, 2.05) is 0 Å². The Hall–Kier alpha value is -1.11. The molecule has 0 aromatic rings. The Morgan fingerprint density at radius 2 is 1.61 bits per heavy atom. The summed E-state index contributed by atoms with van der Waals surface area (Å²) in [6.07, 6.45) is 0. The van der Waals surface area contributed by atoms with Crippen LogP contribution in [0.15, 0.2) is 0 Å². The van der Waals surface area contributed by atoms with Crippen molar-refractivity contribution in [3.63, 3.8) is 0 Å². The number of nitrogens with zero attached hydrogens (tertiary/aromatic N) is 1. The van der Waals surface area contributed by atoms with E-state index >= 15 is 0 Å². The smallest absolute Gasteiger partial charge is 0.310 e. The molecule has 106 valence electrons. The fourth-order valence-corrected chi connectivity index (χ4v) is 3.40. The van der Waals surface area contributed by atoms with E-state index in [0.29, 0.717) is 13.1 Å². The van der Waals surface area contributed by atoms with Gasteiger partial charge < -0.3 is 10.0 Å². The van der Waals surface area contributed by atoms with Gasteiger partial charge in [-0.1, -0.05) is 0 Å². The summed E-state index contributed by atoms with van der Waals surface area (Å²) in [5.74, 6) is -2.85. The molecule has 0 spiro atoms. The molecule has 0 aliphatic carbocycles. The van der Waals surface area contributed by atoms with Crippen molar-refractivity contribution >= 4 is 21.7 Å². The van der Waals surface area contributed by atoms with Gasteiger partial charge in [0.05, 0.1) is 11.2 Å². The molecule has 0 saturated carbocycles. The third-order valence-electron chi connectivity index (χ3n) is 2.62. The van der Waals surface area contributed by atoms with E-state index in [0.717, 1.165) is 0 Å². The number of sulfone groups is 1. The number of carboxylic acid groups (broad SMARTS) is 1. The van der Waals surface area contributed by atoms with Crippen LogP contribution in [0.4, 0.5) is 0 Å². The van der Waals surface area contributed by atoms with Gasteiger partial charge in [0.1, 0.15) is 5.75 Å². The van der Waals surface area contributed by atoms with Crippen LogP contribution in [0.1, 0.15) is 27.7 Å². The van der Waals surface area contributed by atoms with Crippen molar-refractivity contribution < 1.29 is 23.1 Å². The van der Waals surface area contributed by atoms with Crippen LogP contribution in [0.3, 0.4) is 0 Å². The van der Waals surface area contributed by atoms with Crippen molar-refractivity contribution in [3.8, 4) is 0 Å². The maximum atomic E-state index is 11.8. The third kappa shape index (κ3) is 5.03. The molecule has 7 heteroatoms. The van der Waals surface area contributed by atoms with Crippen molar-refractivity contribution in [1.29, 1.82) is 0 Å². The van der Waals surface area contributed by atoms with Gasteiger partial charge >= 0.3 is 5.97 Å². The molecule has 0 aromatic carbocycles. The van der Waals surface area contributed by atoms with Gasteiger partial charge in [-0.2, -0.15) is 0 Å². The molecule has 0 radical (unpaired) electrons. The Morgan fingerprint density at radius 1 is 1.17 bits per heavy atom. The van der Waals surface area contributed by atoms with Crippen molar-refractivity contribution in [2.75, 3.05) is 24.6 Å². The highest BCUT2D eigenvalue weighted by atomic mass is 32.2. The summed E-state index contributed by atoms with van der Waals surface area (Å²) >= 11 is 0. The summed E-state index contributed by atoms with van der Waals surface area (Å²) in [4.78, 5) is 24.0. The van der Waals surface area contributed by atoms with E-state index in [9.17, 15) is 18.0 Å². The highest BCUT2D eigenvalue weighted by Gasteiger charge is 2.34. The molecule has 0 aromatic heterocycles. The van der Waals surface area contributed by atoms with Crippen molar-refractivity contribution in [3.05, 3.63) is 0 Å². The second kappa shape index (κ2) is 6.17. The first-order chi connectivity index (χ1) is 8.05. The molecule has 0 fully saturated rings. The molecule has 0 saturated heterocycles. The van der Waals surface area contributed by atoms with E-state index in [2.05, 4.69) is 0 Å². The molecule has 1 N–H and O–H groups in total. The van der Waals surface area contributed by atoms with Crippen LogP contribution in [-0.2, 0) is 19.4 Å². The number of rotatable bonds is 7. The number of carbonyl (C=O) groups is 2. The van der Waals surface area contributed by atoms with E-state index in [1.54, 1.807) is 13.8 Å². The SMILES string of the molecule is CCN(CC)C(=O)CS(=O)(=O)CC(C)(C)C(=O)O. The summed E-state index contributed by atoms with van der Waals surface area (Å²) in [6.45, 7) is 7.05. The van der Waals surface area contributed by atoms with Crippen LogP contribution in [0, 0.1) is 5.41 Å². The largest absolute Gasteiger partial charge is 0.481 e. The van der Waals surface area contributed by atoms with Crippen LogP contribution in [0.2, 0.25) is 0 Å². The predicted octanol–water partition coefficient (Wildman–Crippen LogP) is 0.380. The maximum Gasteiger partial charge on any atom is 0.310 e. The lowest BCUT2D eigenvalue weighted by atomic mass is 9.97. The van der Waals surface area contributed by atoms with Crippen LogP contribution < -0.4 is 0 Å². The van der Waals surface area contributed by atoms with Crippen molar-refractivity contribution in [1.82, 2.24) is 4.90 Å². The zero-order chi connectivity index (χ0) is 14.6. The second-order valence-electron chi connectivity index (χ2n) is 4.79. The maximum absolute atomic E-state index is 11.8. The third-order valence-corrected chi connectivity index (χ3v) is 4.47. The molecule has 0 aliphatic heterocycles. The molecular weight excluding hydrogens is 258 g/mol. The first-order valence-corrected chi connectivity index (χ1v) is 7.59. The summed E-state index contributed by atoms with van der Waals surface area (Å²) in [5.41, 5.74) is -1.39. The lowest BCUT2D eigenvalue weighted by molar-refractivity contribution is -0.145. The van der Waals surface area contributed by atoms with E-state index in [1.165, 1.54) is 18.7 Å². The Labute approximate surface area is 108 Å². The highest BCUT2D eigenvalue weighted by molar-refractivity contribution is 7.92. The lowest BCUT2D eigenvalue weighted by Crippen LogP contribution is -2.39. The summed E-state index contributed by atoms with van der Waals surface area (Å²) in [6, 6.07) is 0. The molecule has 0 unspecified atom stereocenters. The number of carbonyl (C=O) groups excluding carboxylic acids is 1. The molecule has 6 nitrogen and oxygen atoms in total. The van der Waals surface area contributed by atoms with Crippen LogP contribution in [0.25, 0.3) is 0 Å². The Balaban J connectivity index is 4.78. The lowest BCUT2D eigenvalue weighted by Gasteiger charge is -2.21. The Morgan fingerprint density at radius 3 is 1.94 bits per heavy atom. The van der Waals surface area contributed by atoms with E-state index in [4.69, 9.17) is 5.11 Å². The number of amides is 1. The Bertz CT molecular complexity index is 409. The molecule has 0 rings (SSSR count). The van der Waals surface area contributed by atoms with Gasteiger partial charge in [-0.15, -0.1) is 0 Å². The van der Waals surface area contributed by atoms with E-state index < -0.39 is 38.6 Å². The molecule has 0 heterocycles. The second-order valence-corrected chi connectivity index (χ2v) is 6.85. The molecule has 1 amide bonds. The minimum absolute atomic E-state index is 0.438. The number of aliphatic carboxylic acids is 1.